The molecule has 0 unspecified atom stereocenters. The van der Waals surface area contributed by atoms with E-state index in [-0.39, 0.29) is 11.1 Å². The number of nitrogens with one attached hydrogen (secondary N) is 1. The molecule has 0 fully saturated rings. The van der Waals surface area contributed by atoms with Crippen molar-refractivity contribution in [1.82, 2.24) is 10.3 Å². The maximum absolute atomic E-state index is 12.7. The Kier molecular flexibility index (Phi) is 5.85. The van der Waals surface area contributed by atoms with Crippen molar-refractivity contribution in [1.29, 1.82) is 0 Å². The zero-order chi connectivity index (χ0) is 23.8. The monoisotopic (exact) mass is 531 g/mol. The van der Waals surface area contributed by atoms with E-state index >= 15 is 0 Å². The predicted molar refractivity (Wildman–Crippen MR) is 137 cm³/mol. The van der Waals surface area contributed by atoms with Crippen LogP contribution in [0.15, 0.2) is 80.6 Å². The molecular weight excluding hydrogens is 514 g/mol. The van der Waals surface area contributed by atoms with Gasteiger partial charge in [-0.2, -0.15) is 0 Å². The molecule has 0 saturated carbocycles. The van der Waals surface area contributed by atoms with E-state index in [4.69, 9.17) is 9.40 Å². The maximum Gasteiger partial charge on any atom is 0.263 e. The Morgan fingerprint density at radius 1 is 1.03 bits per heavy atom. The average Bonchev–Trinajstić information content (AvgIpc) is 3.22. The largest absolute Gasteiger partial charge is 0.438 e. The first-order chi connectivity index (χ1) is 16.4. The number of benzene rings is 3. The van der Waals surface area contributed by atoms with E-state index in [1.54, 1.807) is 23.5 Å². The first kappa shape index (κ1) is 22.2. The Morgan fingerprint density at radius 3 is 2.59 bits per heavy atom. The molecule has 34 heavy (non-hydrogen) atoms. The molecule has 0 aliphatic carbocycles. The van der Waals surface area contributed by atoms with Gasteiger partial charge in [-0.1, -0.05) is 22.0 Å². The van der Waals surface area contributed by atoms with Gasteiger partial charge in [0.15, 0.2) is 0 Å². The fourth-order valence-corrected chi connectivity index (χ4v) is 4.97. The third kappa shape index (κ3) is 4.55. The van der Waals surface area contributed by atoms with Gasteiger partial charge in [0, 0.05) is 22.3 Å². The number of nitrogens with zero attached hydrogens (tertiary/aromatic N) is 2. The minimum absolute atomic E-state index is 0.122. The lowest BCUT2D eigenvalue weighted by Crippen LogP contribution is -2.32. The molecule has 2 heterocycles. The summed E-state index contributed by atoms with van der Waals surface area (Å²) in [6.45, 7) is 3.35. The first-order valence-corrected chi connectivity index (χ1v) is 12.0. The summed E-state index contributed by atoms with van der Waals surface area (Å²) in [6.07, 6.45) is 0. The fourth-order valence-electron chi connectivity index (χ4n) is 3.53. The van der Waals surface area contributed by atoms with Crippen LogP contribution in [0.4, 0.5) is 5.69 Å². The zero-order valence-corrected chi connectivity index (χ0v) is 20.7. The van der Waals surface area contributed by atoms with Crippen LogP contribution in [0, 0.1) is 6.92 Å². The summed E-state index contributed by atoms with van der Waals surface area (Å²) in [5.41, 5.74) is 4.63. The number of aromatic nitrogens is 1. The number of fused-ring (bicyclic) bond motifs is 2. The van der Waals surface area contributed by atoms with Crippen LogP contribution in [0.2, 0.25) is 0 Å². The van der Waals surface area contributed by atoms with Gasteiger partial charge < -0.3 is 4.42 Å². The van der Waals surface area contributed by atoms with Crippen LogP contribution in [0.3, 0.4) is 0 Å². The van der Waals surface area contributed by atoms with Gasteiger partial charge in [-0.3, -0.25) is 14.9 Å². The molecule has 6 nitrogen and oxygen atoms in total. The average molecular weight is 532 g/mol. The molecule has 0 aliphatic heterocycles. The minimum atomic E-state index is -0.571. The van der Waals surface area contributed by atoms with Crippen molar-refractivity contribution >= 4 is 66.0 Å². The van der Waals surface area contributed by atoms with Crippen LogP contribution >= 0.6 is 27.3 Å². The van der Waals surface area contributed by atoms with Crippen LogP contribution < -0.4 is 10.9 Å². The topological polar surface area (TPSA) is 84.6 Å². The fraction of sp³-hybridized carbons (Fsp3) is 0.0769. The molecule has 0 aliphatic rings. The van der Waals surface area contributed by atoms with E-state index in [9.17, 15) is 9.59 Å². The van der Waals surface area contributed by atoms with Gasteiger partial charge in [-0.05, 0) is 73.2 Å². The number of halogens is 1. The normalized spacial score (nSPS) is 11.8. The van der Waals surface area contributed by atoms with Gasteiger partial charge in [0.25, 0.3) is 5.91 Å². The third-order valence-corrected chi connectivity index (χ3v) is 6.69. The van der Waals surface area contributed by atoms with Crippen LogP contribution in [-0.2, 0) is 4.79 Å². The third-order valence-electron chi connectivity index (χ3n) is 5.13. The molecule has 168 valence electrons. The van der Waals surface area contributed by atoms with Crippen molar-refractivity contribution in [2.45, 2.75) is 13.8 Å². The number of aryl methyl sites for hydroxylation is 1. The number of amides is 2. The summed E-state index contributed by atoms with van der Waals surface area (Å²) in [5, 5.41) is 3.93. The van der Waals surface area contributed by atoms with E-state index in [2.05, 4.69) is 45.3 Å². The summed E-state index contributed by atoms with van der Waals surface area (Å²) in [7, 11) is 0. The number of imide groups is 1. The van der Waals surface area contributed by atoms with Gasteiger partial charge in [0.1, 0.15) is 16.2 Å². The summed E-state index contributed by atoms with van der Waals surface area (Å²) in [5.74, 6) is -1.03. The van der Waals surface area contributed by atoms with Crippen molar-refractivity contribution in [3.05, 3.63) is 87.9 Å². The number of carbonyl (C=O) groups excluding carboxylic acids is 2. The highest BCUT2D eigenvalue weighted by atomic mass is 79.9. The maximum atomic E-state index is 12.7. The van der Waals surface area contributed by atoms with Crippen molar-refractivity contribution in [3.8, 4) is 10.6 Å². The lowest BCUT2D eigenvalue weighted by atomic mass is 10.1. The second kappa shape index (κ2) is 8.96. The number of thiazole rings is 1. The molecule has 0 saturated heterocycles. The minimum Gasteiger partial charge on any atom is -0.438 e. The first-order valence-electron chi connectivity index (χ1n) is 10.4. The molecule has 5 rings (SSSR count). The predicted octanol–water partition coefficient (Wildman–Crippen LogP) is 6.29. The molecule has 1 N–H and O–H groups in total. The van der Waals surface area contributed by atoms with Crippen LogP contribution in [0.1, 0.15) is 22.8 Å². The second-order valence-corrected chi connectivity index (χ2v) is 9.75. The lowest BCUT2D eigenvalue weighted by molar-refractivity contribution is -0.118. The van der Waals surface area contributed by atoms with Gasteiger partial charge in [0.2, 0.25) is 11.5 Å². The van der Waals surface area contributed by atoms with Crippen molar-refractivity contribution < 1.29 is 14.0 Å². The van der Waals surface area contributed by atoms with Crippen molar-refractivity contribution in [2.24, 2.45) is 4.99 Å². The van der Waals surface area contributed by atoms with Crippen molar-refractivity contribution in [2.75, 3.05) is 0 Å². The molecule has 3 aromatic carbocycles. The quantitative estimate of drug-likeness (QED) is 0.296. The Labute approximate surface area is 207 Å². The Bertz CT molecular complexity index is 1650. The molecule has 2 aromatic heterocycles. The summed E-state index contributed by atoms with van der Waals surface area (Å²) in [6, 6.07) is 20.9. The number of rotatable bonds is 3. The Hall–Kier alpha value is -3.62. The van der Waals surface area contributed by atoms with Gasteiger partial charge in [-0.15, -0.1) is 11.3 Å². The van der Waals surface area contributed by atoms with Crippen molar-refractivity contribution in [3.63, 3.8) is 0 Å². The summed E-state index contributed by atoms with van der Waals surface area (Å²) >= 11 is 5.06. The SMILES string of the molecule is CC(=O)NC(=O)c1cc2cc(Br)ccc2oc1=Nc1ccc(-c2nc3ccc(C)cc3s2)cc1. The molecule has 0 bridgehead atoms. The van der Waals surface area contributed by atoms with Gasteiger partial charge in [0.05, 0.1) is 15.9 Å². The molecular formula is C26H18BrN3O3S. The lowest BCUT2D eigenvalue weighted by Gasteiger charge is -2.05. The van der Waals surface area contributed by atoms with E-state index < -0.39 is 11.8 Å². The number of carbonyl (C=O) groups is 2. The second-order valence-electron chi connectivity index (χ2n) is 7.81. The Morgan fingerprint density at radius 2 is 1.82 bits per heavy atom. The number of hydrogen-bond acceptors (Lipinski definition) is 6. The standard InChI is InChI=1S/C26H18BrN3O3S/c1-14-3-9-21-23(11-14)34-26(30-21)16-4-7-19(8-5-16)29-25-20(24(32)28-15(2)31)13-17-12-18(27)6-10-22(17)33-25/h3-13H,1-2H3,(H,28,31,32). The highest BCUT2D eigenvalue weighted by molar-refractivity contribution is 9.10. The molecule has 0 spiro atoms. The molecule has 5 aromatic rings. The highest BCUT2D eigenvalue weighted by Gasteiger charge is 2.14. The highest BCUT2D eigenvalue weighted by Crippen LogP contribution is 2.31. The molecule has 0 radical (unpaired) electrons. The zero-order valence-electron chi connectivity index (χ0n) is 18.3. The Balaban J connectivity index is 1.56. The van der Waals surface area contributed by atoms with Gasteiger partial charge in [-0.25, -0.2) is 9.98 Å². The molecule has 2 amide bonds. The smallest absolute Gasteiger partial charge is 0.263 e. The van der Waals surface area contributed by atoms with Crippen LogP contribution in [0.5, 0.6) is 0 Å². The van der Waals surface area contributed by atoms with Crippen LogP contribution in [0.25, 0.3) is 31.8 Å². The van der Waals surface area contributed by atoms with Gasteiger partial charge >= 0.3 is 0 Å². The van der Waals surface area contributed by atoms with E-state index in [0.29, 0.717) is 16.7 Å². The van der Waals surface area contributed by atoms with E-state index in [1.165, 1.54) is 12.5 Å². The van der Waals surface area contributed by atoms with E-state index in [1.807, 2.05) is 42.5 Å². The molecule has 0 atom stereocenters. The summed E-state index contributed by atoms with van der Waals surface area (Å²) < 4.78 is 7.94. The van der Waals surface area contributed by atoms with E-state index in [0.717, 1.165) is 25.3 Å². The summed E-state index contributed by atoms with van der Waals surface area (Å²) in [4.78, 5) is 33.4. The number of hydrogen-bond donors (Lipinski definition) is 1. The molecule has 8 heteroatoms. The van der Waals surface area contributed by atoms with Crippen LogP contribution in [-0.4, -0.2) is 16.8 Å².